The quantitative estimate of drug-likeness (QED) is 0.167. The fourth-order valence-electron chi connectivity index (χ4n) is 11.4. The summed E-state index contributed by atoms with van der Waals surface area (Å²) in [7, 11) is 0. The summed E-state index contributed by atoms with van der Waals surface area (Å²) in [6, 6.07) is 69.7. The molecule has 0 aliphatic heterocycles. The summed E-state index contributed by atoms with van der Waals surface area (Å²) in [6.45, 7) is 13.7. The summed E-state index contributed by atoms with van der Waals surface area (Å²) in [5.74, 6) is 0. The van der Waals surface area contributed by atoms with Gasteiger partial charge in [-0.25, -0.2) is 0 Å². The van der Waals surface area contributed by atoms with Crippen molar-refractivity contribution in [2.45, 2.75) is 52.4 Å². The summed E-state index contributed by atoms with van der Waals surface area (Å²) < 4.78 is 4.99. The summed E-state index contributed by atoms with van der Waals surface area (Å²) in [5.41, 5.74) is 16.2. The molecule has 0 saturated heterocycles. The van der Waals surface area contributed by atoms with Crippen LogP contribution in [0.15, 0.2) is 182 Å². The Labute approximate surface area is 406 Å². The first kappa shape index (κ1) is 41.4. The number of rotatable bonds is 6. The minimum absolute atomic E-state index is 0.0794. The Morgan fingerprint density at radius 2 is 0.743 bits per heavy atom. The first-order valence-corrected chi connectivity index (χ1v) is 24.1. The molecule has 0 amide bonds. The third-order valence-electron chi connectivity index (χ3n) is 14.7. The van der Waals surface area contributed by atoms with Crippen LogP contribution >= 0.6 is 0 Å². The molecule has 0 spiro atoms. The Balaban J connectivity index is 1.17. The molecule has 0 atom stereocenters. The van der Waals surface area contributed by atoms with Gasteiger partial charge in [-0.3, -0.25) is 0 Å². The van der Waals surface area contributed by atoms with Gasteiger partial charge in [-0.1, -0.05) is 126 Å². The van der Waals surface area contributed by atoms with Crippen LogP contribution in [0.2, 0.25) is 0 Å². The van der Waals surface area contributed by atoms with Gasteiger partial charge in [0.25, 0.3) is 0 Å². The summed E-state index contributed by atoms with van der Waals surface area (Å²) in [4.78, 5) is 4.54. The number of fused-ring (bicyclic) bond motifs is 12. The van der Waals surface area contributed by atoms with Crippen LogP contribution in [-0.2, 0) is 10.8 Å². The largest absolute Gasteiger partial charge is 0.308 e. The highest BCUT2D eigenvalue weighted by atomic mass is 15.2. The Morgan fingerprint density at radius 1 is 0.357 bits per heavy atom. The third-order valence-corrected chi connectivity index (χ3v) is 14.7. The van der Waals surface area contributed by atoms with E-state index in [1.54, 1.807) is 0 Å². The lowest BCUT2D eigenvalue weighted by Gasteiger charge is -2.27. The highest BCUT2D eigenvalue weighted by Gasteiger charge is 2.30. The first-order chi connectivity index (χ1) is 33.9. The van der Waals surface area contributed by atoms with E-state index in [4.69, 9.17) is 0 Å². The van der Waals surface area contributed by atoms with E-state index in [2.05, 4.69) is 206 Å². The van der Waals surface area contributed by atoms with Crippen molar-refractivity contribution in [1.29, 1.82) is 10.5 Å². The molecule has 0 aliphatic rings. The molecule has 0 aliphatic carbocycles. The van der Waals surface area contributed by atoms with Gasteiger partial charge in [-0.15, -0.1) is 0 Å². The monoisotopic (exact) mass is 900 g/mol. The zero-order valence-corrected chi connectivity index (χ0v) is 40.0. The Kier molecular flexibility index (Phi) is 8.76. The number of hydrogen-bond donors (Lipinski definition) is 0. The van der Waals surface area contributed by atoms with Crippen molar-refractivity contribution in [1.82, 2.24) is 8.80 Å². The van der Waals surface area contributed by atoms with Gasteiger partial charge in [0.05, 0.1) is 67.0 Å². The van der Waals surface area contributed by atoms with Gasteiger partial charge in [0, 0.05) is 54.5 Å². The van der Waals surface area contributed by atoms with Crippen molar-refractivity contribution in [2.24, 2.45) is 0 Å². The summed E-state index contributed by atoms with van der Waals surface area (Å²) >= 11 is 0. The van der Waals surface area contributed by atoms with Crippen molar-refractivity contribution in [2.75, 3.05) is 9.80 Å². The molecule has 0 saturated carbocycles. The van der Waals surface area contributed by atoms with Crippen LogP contribution in [-0.4, -0.2) is 8.80 Å². The van der Waals surface area contributed by atoms with E-state index >= 15 is 0 Å². The van der Waals surface area contributed by atoms with E-state index in [0.717, 1.165) is 78.0 Å². The number of benzene rings is 9. The number of nitrogens with zero attached hydrogens (tertiary/aromatic N) is 6. The van der Waals surface area contributed by atoms with Gasteiger partial charge < -0.3 is 18.6 Å². The highest BCUT2D eigenvalue weighted by molar-refractivity contribution is 6.32. The lowest BCUT2D eigenvalue weighted by atomic mass is 9.86. The minimum Gasteiger partial charge on any atom is -0.308 e. The molecule has 6 nitrogen and oxygen atoms in total. The molecular weight excluding hydrogens is 853 g/mol. The van der Waals surface area contributed by atoms with E-state index in [1.165, 1.54) is 43.4 Å². The summed E-state index contributed by atoms with van der Waals surface area (Å²) in [5, 5.41) is 30.4. The first-order valence-electron chi connectivity index (χ1n) is 24.1. The fourth-order valence-corrected chi connectivity index (χ4v) is 11.4. The van der Waals surface area contributed by atoms with Gasteiger partial charge in [0.1, 0.15) is 12.1 Å². The maximum Gasteiger partial charge on any atom is 0.101 e. The standard InChI is InChI=1S/C64H48N6/c1-63(2,3)41-25-29-53-49(33-41)59-55(67(43-19-9-7-10-20-43)51-23-15-13-17-39(51)37-65)31-27-45-47-36-58-48(35-57(47)69(53)61(45)59)46-28-32-56(60-50-34-42(64(4,5)6)26-30-54(50)70(58)62(46)60)68(44-21-11-8-12-22-44)52-24-16-14-18-40(52)38-66/h7-36H,1-6H3. The van der Waals surface area contributed by atoms with E-state index in [0.29, 0.717) is 11.1 Å². The number of hydrogen-bond acceptors (Lipinski definition) is 4. The van der Waals surface area contributed by atoms with E-state index in [9.17, 15) is 10.5 Å². The predicted octanol–water partition coefficient (Wildman–Crippen LogP) is 17.3. The predicted molar refractivity (Wildman–Crippen MR) is 292 cm³/mol. The molecule has 9 aromatic carbocycles. The number of nitriles is 2. The average Bonchev–Trinajstić information content (AvgIpc) is 4.10. The molecule has 70 heavy (non-hydrogen) atoms. The second kappa shape index (κ2) is 14.8. The summed E-state index contributed by atoms with van der Waals surface area (Å²) in [6.07, 6.45) is 0. The zero-order chi connectivity index (χ0) is 47.8. The van der Waals surface area contributed by atoms with Gasteiger partial charge in [-0.05, 0) is 119 Å². The molecule has 334 valence electrons. The number of anilines is 6. The van der Waals surface area contributed by atoms with Gasteiger partial charge in [0.15, 0.2) is 0 Å². The van der Waals surface area contributed by atoms with Crippen LogP contribution in [0.5, 0.6) is 0 Å². The van der Waals surface area contributed by atoms with Crippen LogP contribution in [0.1, 0.15) is 63.8 Å². The number of aromatic nitrogens is 2. The smallest absolute Gasteiger partial charge is 0.101 e. The molecule has 0 fully saturated rings. The van der Waals surface area contributed by atoms with Crippen molar-refractivity contribution in [3.8, 4) is 12.1 Å². The number of para-hydroxylation sites is 4. The Hall–Kier alpha value is -8.84. The molecule has 0 bridgehead atoms. The van der Waals surface area contributed by atoms with Crippen LogP contribution in [0.25, 0.3) is 76.2 Å². The molecule has 4 heterocycles. The van der Waals surface area contributed by atoms with Crippen LogP contribution in [0.4, 0.5) is 34.1 Å². The van der Waals surface area contributed by atoms with E-state index < -0.39 is 0 Å². The van der Waals surface area contributed by atoms with Crippen LogP contribution in [0, 0.1) is 22.7 Å². The highest BCUT2D eigenvalue weighted by Crippen LogP contribution is 2.52. The second-order valence-electron chi connectivity index (χ2n) is 20.8. The SMILES string of the molecule is CC(C)(C)c1ccc2c(c1)c1c(N(c3ccccc3)c3ccccc3C#N)ccc3c4cc5c(cc4n2c31)c1ccc(N(c2ccccc2)c2ccccc2C#N)c2c3cc(C(C)(C)C)ccc3n5c12. The van der Waals surface area contributed by atoms with E-state index in [-0.39, 0.29) is 10.8 Å². The minimum atomic E-state index is -0.0794. The average molecular weight is 901 g/mol. The van der Waals surface area contributed by atoms with Gasteiger partial charge in [-0.2, -0.15) is 10.5 Å². The van der Waals surface area contributed by atoms with Crippen molar-refractivity contribution >= 4 is 110 Å². The maximum atomic E-state index is 10.5. The Morgan fingerprint density at radius 3 is 1.13 bits per heavy atom. The van der Waals surface area contributed by atoms with E-state index in [1.807, 2.05) is 48.5 Å². The fraction of sp³-hybridized carbons (Fsp3) is 0.125. The van der Waals surface area contributed by atoms with Gasteiger partial charge in [0.2, 0.25) is 0 Å². The lowest BCUT2D eigenvalue weighted by Crippen LogP contribution is -2.12. The maximum absolute atomic E-state index is 10.5. The lowest BCUT2D eigenvalue weighted by molar-refractivity contribution is 0.591. The molecule has 0 unspecified atom stereocenters. The van der Waals surface area contributed by atoms with Crippen molar-refractivity contribution in [3.05, 3.63) is 204 Å². The molecule has 13 rings (SSSR count). The van der Waals surface area contributed by atoms with Crippen molar-refractivity contribution in [3.63, 3.8) is 0 Å². The molecule has 6 heteroatoms. The van der Waals surface area contributed by atoms with Crippen LogP contribution in [0.3, 0.4) is 0 Å². The Bertz CT molecular complexity index is 4060. The topological polar surface area (TPSA) is 62.9 Å². The normalized spacial score (nSPS) is 12.4. The van der Waals surface area contributed by atoms with Crippen molar-refractivity contribution < 1.29 is 0 Å². The third kappa shape index (κ3) is 5.84. The van der Waals surface area contributed by atoms with Crippen LogP contribution < -0.4 is 9.80 Å². The van der Waals surface area contributed by atoms with Gasteiger partial charge >= 0.3 is 0 Å². The molecular formula is C64H48N6. The molecule has 13 aromatic rings. The molecule has 0 N–H and O–H groups in total. The molecule has 4 aromatic heterocycles. The zero-order valence-electron chi connectivity index (χ0n) is 40.0. The second-order valence-corrected chi connectivity index (χ2v) is 20.8. The molecule has 0 radical (unpaired) electrons.